The van der Waals surface area contributed by atoms with Gasteiger partial charge >= 0.3 is 0 Å². The largest absolute Gasteiger partial charge is 0.241 e. The van der Waals surface area contributed by atoms with Gasteiger partial charge in [0.05, 0.1) is 0 Å². The first-order valence-corrected chi connectivity index (χ1v) is 5.68. The second-order valence-corrected chi connectivity index (χ2v) is 4.61. The van der Waals surface area contributed by atoms with Crippen LogP contribution in [-0.4, -0.2) is 4.98 Å². The van der Waals surface area contributed by atoms with Crippen LogP contribution in [0.4, 0.5) is 0 Å². The quantitative estimate of drug-likeness (QED) is 0.672. The van der Waals surface area contributed by atoms with Gasteiger partial charge in [-0.1, -0.05) is 12.2 Å². The van der Waals surface area contributed by atoms with Crippen LogP contribution in [0, 0.1) is 11.3 Å². The van der Waals surface area contributed by atoms with Gasteiger partial charge in [-0.2, -0.15) is 5.26 Å². The van der Waals surface area contributed by atoms with Crippen molar-refractivity contribution in [2.75, 3.05) is 0 Å². The number of thiophene rings is 1. The van der Waals surface area contributed by atoms with Crippen LogP contribution in [0.1, 0.15) is 22.6 Å². The molecular formula is C12H8N2S. The highest BCUT2D eigenvalue weighted by Gasteiger charge is 2.10. The Bertz CT molecular complexity index is 602. The van der Waals surface area contributed by atoms with Gasteiger partial charge in [0.25, 0.3) is 0 Å². The lowest BCUT2D eigenvalue weighted by molar-refractivity contribution is 0.940. The third kappa shape index (κ3) is 1.34. The predicted molar refractivity (Wildman–Crippen MR) is 61.7 cm³/mol. The lowest BCUT2D eigenvalue weighted by atomic mass is 10.0. The van der Waals surface area contributed by atoms with Gasteiger partial charge in [0.1, 0.15) is 15.8 Å². The number of nitriles is 1. The number of rotatable bonds is 0. The van der Waals surface area contributed by atoms with Crippen molar-refractivity contribution < 1.29 is 0 Å². The van der Waals surface area contributed by atoms with E-state index in [1.165, 1.54) is 16.9 Å². The molecule has 0 aliphatic heterocycles. The Balaban J connectivity index is 2.30. The first-order chi connectivity index (χ1) is 7.36. The van der Waals surface area contributed by atoms with E-state index < -0.39 is 0 Å². The topological polar surface area (TPSA) is 36.7 Å². The summed E-state index contributed by atoms with van der Waals surface area (Å²) in [5.74, 6) is 0. The van der Waals surface area contributed by atoms with Crippen LogP contribution in [0.15, 0.2) is 18.2 Å². The summed E-state index contributed by atoms with van der Waals surface area (Å²) in [7, 11) is 0. The lowest BCUT2D eigenvalue weighted by Gasteiger charge is -2.08. The number of aromatic nitrogens is 1. The fraction of sp³-hybridized carbons (Fsp3) is 0.167. The zero-order valence-corrected chi connectivity index (χ0v) is 8.84. The van der Waals surface area contributed by atoms with Crippen molar-refractivity contribution >= 4 is 27.6 Å². The van der Waals surface area contributed by atoms with E-state index in [0.29, 0.717) is 0 Å². The molecular weight excluding hydrogens is 204 g/mol. The van der Waals surface area contributed by atoms with Crippen LogP contribution in [0.5, 0.6) is 0 Å². The first kappa shape index (κ1) is 8.63. The van der Waals surface area contributed by atoms with Gasteiger partial charge in [0.15, 0.2) is 0 Å². The van der Waals surface area contributed by atoms with Crippen molar-refractivity contribution in [3.63, 3.8) is 0 Å². The van der Waals surface area contributed by atoms with Gasteiger partial charge in [-0.05, 0) is 30.5 Å². The summed E-state index contributed by atoms with van der Waals surface area (Å²) in [5.41, 5.74) is 2.37. The molecule has 0 fully saturated rings. The van der Waals surface area contributed by atoms with Crippen LogP contribution in [-0.2, 0) is 6.42 Å². The molecule has 15 heavy (non-hydrogen) atoms. The smallest absolute Gasteiger partial charge is 0.124 e. The highest BCUT2D eigenvalue weighted by atomic mass is 32.1. The summed E-state index contributed by atoms with van der Waals surface area (Å²) in [4.78, 5) is 6.33. The van der Waals surface area contributed by atoms with E-state index in [4.69, 9.17) is 5.26 Å². The van der Waals surface area contributed by atoms with Crippen LogP contribution < -0.4 is 0 Å². The fourth-order valence-electron chi connectivity index (χ4n) is 1.85. The summed E-state index contributed by atoms with van der Waals surface area (Å²) < 4.78 is 0. The van der Waals surface area contributed by atoms with E-state index in [9.17, 15) is 0 Å². The van der Waals surface area contributed by atoms with Gasteiger partial charge in [-0.25, -0.2) is 4.98 Å². The van der Waals surface area contributed by atoms with Gasteiger partial charge in [-0.15, -0.1) is 11.3 Å². The highest BCUT2D eigenvalue weighted by molar-refractivity contribution is 7.19. The van der Waals surface area contributed by atoms with E-state index in [0.717, 1.165) is 33.6 Å². The molecule has 0 aromatic carbocycles. The number of aryl methyl sites for hydroxylation is 1. The minimum atomic E-state index is 0.740. The molecule has 2 nitrogen and oxygen atoms in total. The van der Waals surface area contributed by atoms with Gasteiger partial charge < -0.3 is 0 Å². The zero-order valence-electron chi connectivity index (χ0n) is 8.03. The molecule has 2 aromatic heterocycles. The Morgan fingerprint density at radius 3 is 3.20 bits per heavy atom. The molecule has 0 radical (unpaired) electrons. The summed E-state index contributed by atoms with van der Waals surface area (Å²) in [6.45, 7) is 0. The molecule has 0 amide bonds. The highest BCUT2D eigenvalue weighted by Crippen LogP contribution is 2.28. The van der Waals surface area contributed by atoms with Crippen LogP contribution in [0.2, 0.25) is 0 Å². The van der Waals surface area contributed by atoms with Gasteiger partial charge in [-0.3, -0.25) is 0 Å². The molecule has 0 spiro atoms. The van der Waals surface area contributed by atoms with Crippen molar-refractivity contribution in [1.29, 1.82) is 5.26 Å². The number of allylic oxidation sites excluding steroid dienone is 1. The number of hydrogen-bond acceptors (Lipinski definition) is 3. The van der Waals surface area contributed by atoms with E-state index in [2.05, 4.69) is 29.3 Å². The Morgan fingerprint density at radius 1 is 1.40 bits per heavy atom. The van der Waals surface area contributed by atoms with Gasteiger partial charge in [0.2, 0.25) is 0 Å². The monoisotopic (exact) mass is 212 g/mol. The molecule has 2 aromatic rings. The second kappa shape index (κ2) is 3.18. The van der Waals surface area contributed by atoms with E-state index in [1.807, 2.05) is 6.07 Å². The maximum Gasteiger partial charge on any atom is 0.124 e. The summed E-state index contributed by atoms with van der Waals surface area (Å²) in [5, 5.41) is 9.91. The first-order valence-electron chi connectivity index (χ1n) is 4.87. The predicted octanol–water partition coefficient (Wildman–Crippen LogP) is 3.13. The van der Waals surface area contributed by atoms with Gasteiger partial charge in [0, 0.05) is 11.1 Å². The van der Waals surface area contributed by atoms with Crippen LogP contribution in [0.3, 0.4) is 0 Å². The van der Waals surface area contributed by atoms with Crippen molar-refractivity contribution in [3.05, 3.63) is 34.3 Å². The third-order valence-corrected chi connectivity index (χ3v) is 3.53. The van der Waals surface area contributed by atoms with Crippen molar-refractivity contribution in [1.82, 2.24) is 4.98 Å². The lowest BCUT2D eigenvalue weighted by Crippen LogP contribution is -1.96. The standard InChI is InChI=1S/C12H8N2S/c13-7-10-6-9-5-8-3-1-2-4-11(8)14-12(9)15-10/h1,3,5-6H,2,4H2. The van der Waals surface area contributed by atoms with E-state index in [1.54, 1.807) is 0 Å². The van der Waals surface area contributed by atoms with Crippen molar-refractivity contribution in [3.8, 4) is 6.07 Å². The minimum Gasteiger partial charge on any atom is -0.241 e. The minimum absolute atomic E-state index is 0.740. The van der Waals surface area contributed by atoms with Crippen LogP contribution in [0.25, 0.3) is 16.3 Å². The third-order valence-electron chi connectivity index (χ3n) is 2.58. The normalized spacial score (nSPS) is 13.8. The van der Waals surface area contributed by atoms with Crippen molar-refractivity contribution in [2.24, 2.45) is 0 Å². The maximum atomic E-state index is 8.82. The molecule has 3 rings (SSSR count). The van der Waals surface area contributed by atoms with Crippen molar-refractivity contribution in [2.45, 2.75) is 12.8 Å². The van der Waals surface area contributed by atoms with E-state index in [-0.39, 0.29) is 0 Å². The number of hydrogen-bond donors (Lipinski definition) is 0. The summed E-state index contributed by atoms with van der Waals surface area (Å²) in [6, 6.07) is 6.21. The summed E-state index contributed by atoms with van der Waals surface area (Å²) in [6.07, 6.45) is 6.38. The molecule has 3 heteroatoms. The SMILES string of the molecule is N#Cc1cc2cc3c(nc2s1)CCC=C3. The molecule has 72 valence electrons. The molecule has 2 heterocycles. The molecule has 0 bridgehead atoms. The molecule has 0 atom stereocenters. The number of pyridine rings is 1. The number of fused-ring (bicyclic) bond motifs is 2. The Labute approximate surface area is 91.5 Å². The fourth-order valence-corrected chi connectivity index (χ4v) is 2.69. The zero-order chi connectivity index (χ0) is 10.3. The Morgan fingerprint density at radius 2 is 2.33 bits per heavy atom. The Hall–Kier alpha value is -1.66. The molecule has 0 saturated heterocycles. The molecule has 1 aliphatic carbocycles. The number of nitrogens with zero attached hydrogens (tertiary/aromatic N) is 2. The average molecular weight is 212 g/mol. The molecule has 1 aliphatic rings. The second-order valence-electron chi connectivity index (χ2n) is 3.58. The average Bonchev–Trinajstić information content (AvgIpc) is 2.67. The summed E-state index contributed by atoms with van der Waals surface area (Å²) >= 11 is 1.47. The van der Waals surface area contributed by atoms with E-state index >= 15 is 0 Å². The van der Waals surface area contributed by atoms with Crippen LogP contribution >= 0.6 is 11.3 Å². The molecule has 0 saturated carbocycles. The maximum absolute atomic E-state index is 8.82. The Kier molecular flexibility index (Phi) is 1.83. The molecule has 0 unspecified atom stereocenters. The molecule has 0 N–H and O–H groups in total.